The molecule has 2 heterocycles. The van der Waals surface area contributed by atoms with Crippen LogP contribution in [0.15, 0.2) is 0 Å². The zero-order valence-corrected chi connectivity index (χ0v) is 11.4. The van der Waals surface area contributed by atoms with E-state index in [0.717, 1.165) is 25.9 Å². The van der Waals surface area contributed by atoms with Crippen molar-refractivity contribution in [2.24, 2.45) is 0 Å². The van der Waals surface area contributed by atoms with Gasteiger partial charge in [-0.2, -0.15) is 0 Å². The van der Waals surface area contributed by atoms with Gasteiger partial charge in [0.05, 0.1) is 12.1 Å². The quantitative estimate of drug-likeness (QED) is 0.720. The van der Waals surface area contributed by atoms with Gasteiger partial charge in [-0.3, -0.25) is 19.4 Å². The van der Waals surface area contributed by atoms with Crippen LogP contribution in [-0.2, 0) is 9.59 Å². The maximum atomic E-state index is 10.8. The van der Waals surface area contributed by atoms with E-state index in [0.29, 0.717) is 11.6 Å². The van der Waals surface area contributed by atoms with Crippen molar-refractivity contribution < 1.29 is 9.59 Å². The second-order valence-corrected chi connectivity index (χ2v) is 5.15. The summed E-state index contributed by atoms with van der Waals surface area (Å²) < 4.78 is 0. The lowest BCUT2D eigenvalue weighted by Gasteiger charge is -2.35. The summed E-state index contributed by atoms with van der Waals surface area (Å²) >= 11 is 0. The normalized spacial score (nSPS) is 29.2. The first-order valence-corrected chi connectivity index (χ1v) is 6.35. The van der Waals surface area contributed by atoms with E-state index in [2.05, 4.69) is 9.80 Å². The highest BCUT2D eigenvalue weighted by Gasteiger charge is 2.27. The topological polar surface area (TPSA) is 40.6 Å². The number of hydrogen-bond acceptors (Lipinski definition) is 4. The van der Waals surface area contributed by atoms with Gasteiger partial charge in [-0.15, -0.1) is 0 Å². The first-order chi connectivity index (χ1) is 7.93. The molecule has 2 aliphatic rings. The third-order valence-electron chi connectivity index (χ3n) is 3.75. The number of rotatable bonds is 2. The molecule has 0 amide bonds. The minimum absolute atomic E-state index is 0.227. The van der Waals surface area contributed by atoms with Crippen LogP contribution in [-0.4, -0.2) is 60.6 Å². The summed E-state index contributed by atoms with van der Waals surface area (Å²) in [6, 6.07) is 0.472. The molecule has 2 saturated heterocycles. The molecule has 0 saturated carbocycles. The van der Waals surface area contributed by atoms with Crippen molar-refractivity contribution >= 4 is 11.6 Å². The SMILES string of the molecule is CC(=O)[C@@H]1CCCN1C.CC(=O)[C@@H]1CCN1C. The molecule has 2 fully saturated rings. The molecule has 2 atom stereocenters. The van der Waals surface area contributed by atoms with Gasteiger partial charge in [0.15, 0.2) is 0 Å². The number of Topliss-reactive ketones (excluding diaryl/α,β-unsaturated/α-hetero) is 2. The Labute approximate surface area is 104 Å². The maximum absolute atomic E-state index is 10.8. The highest BCUT2D eigenvalue weighted by Crippen LogP contribution is 2.15. The zero-order valence-electron chi connectivity index (χ0n) is 11.4. The predicted octanol–water partition coefficient (Wildman–Crippen LogP) is 0.949. The smallest absolute Gasteiger partial charge is 0.146 e. The molecule has 0 unspecified atom stereocenters. The van der Waals surface area contributed by atoms with E-state index in [1.165, 1.54) is 6.42 Å². The average molecular weight is 240 g/mol. The molecule has 2 rings (SSSR count). The van der Waals surface area contributed by atoms with Crippen molar-refractivity contribution in [1.82, 2.24) is 9.80 Å². The summed E-state index contributed by atoms with van der Waals surface area (Å²) in [5.41, 5.74) is 0. The lowest BCUT2D eigenvalue weighted by Crippen LogP contribution is -2.48. The number of likely N-dealkylation sites (N-methyl/N-ethyl adjacent to an activating group) is 2. The first-order valence-electron chi connectivity index (χ1n) is 6.35. The van der Waals surface area contributed by atoms with E-state index >= 15 is 0 Å². The zero-order chi connectivity index (χ0) is 13.0. The van der Waals surface area contributed by atoms with Crippen molar-refractivity contribution in [2.75, 3.05) is 27.2 Å². The second kappa shape index (κ2) is 6.26. The number of hydrogen-bond donors (Lipinski definition) is 0. The molecular formula is C13H24N2O2. The summed E-state index contributed by atoms with van der Waals surface area (Å²) in [6.45, 7) is 5.50. The summed E-state index contributed by atoms with van der Waals surface area (Å²) in [5, 5.41) is 0. The van der Waals surface area contributed by atoms with Gasteiger partial charge in [-0.05, 0) is 53.8 Å². The van der Waals surface area contributed by atoms with Gasteiger partial charge in [0.1, 0.15) is 11.6 Å². The van der Waals surface area contributed by atoms with Crippen LogP contribution >= 0.6 is 0 Å². The monoisotopic (exact) mass is 240 g/mol. The van der Waals surface area contributed by atoms with Gasteiger partial charge < -0.3 is 0 Å². The van der Waals surface area contributed by atoms with E-state index in [-0.39, 0.29) is 12.1 Å². The van der Waals surface area contributed by atoms with Crippen LogP contribution in [0.25, 0.3) is 0 Å². The predicted molar refractivity (Wildman–Crippen MR) is 68.0 cm³/mol. The molecule has 0 aliphatic carbocycles. The van der Waals surface area contributed by atoms with Crippen LogP contribution in [0, 0.1) is 0 Å². The third kappa shape index (κ3) is 3.89. The lowest BCUT2D eigenvalue weighted by molar-refractivity contribution is -0.125. The van der Waals surface area contributed by atoms with Gasteiger partial charge in [0, 0.05) is 6.54 Å². The summed E-state index contributed by atoms with van der Waals surface area (Å²) in [5.74, 6) is 0.619. The van der Waals surface area contributed by atoms with E-state index in [1.54, 1.807) is 13.8 Å². The minimum Gasteiger partial charge on any atom is -0.298 e. The summed E-state index contributed by atoms with van der Waals surface area (Å²) in [4.78, 5) is 25.6. The van der Waals surface area contributed by atoms with E-state index in [1.807, 2.05) is 14.1 Å². The molecule has 0 aromatic heterocycles. The molecule has 4 nitrogen and oxygen atoms in total. The fourth-order valence-electron chi connectivity index (χ4n) is 2.45. The van der Waals surface area contributed by atoms with Gasteiger partial charge in [0.25, 0.3) is 0 Å². The van der Waals surface area contributed by atoms with Crippen molar-refractivity contribution in [3.8, 4) is 0 Å². The molecule has 0 N–H and O–H groups in total. The Bertz CT molecular complexity index is 291. The molecule has 17 heavy (non-hydrogen) atoms. The van der Waals surface area contributed by atoms with Gasteiger partial charge in [-0.25, -0.2) is 0 Å². The minimum atomic E-state index is 0.227. The molecule has 2 aliphatic heterocycles. The Morgan fingerprint density at radius 1 is 0.882 bits per heavy atom. The summed E-state index contributed by atoms with van der Waals surface area (Å²) in [6.07, 6.45) is 3.30. The van der Waals surface area contributed by atoms with E-state index in [4.69, 9.17) is 0 Å². The Balaban J connectivity index is 0.000000171. The highest BCUT2D eigenvalue weighted by molar-refractivity contribution is 5.82. The fraction of sp³-hybridized carbons (Fsp3) is 0.846. The molecule has 0 aromatic carbocycles. The van der Waals surface area contributed by atoms with Gasteiger partial charge in [-0.1, -0.05) is 0 Å². The Morgan fingerprint density at radius 3 is 1.47 bits per heavy atom. The van der Waals surface area contributed by atoms with Crippen LogP contribution in [0.4, 0.5) is 0 Å². The standard InChI is InChI=1S/C7H13NO.C6H11NO/c1-6(9)7-4-3-5-8(7)2;1-5(8)6-3-4-7(6)2/h7H,3-5H2,1-2H3;6H,3-4H2,1-2H3/t7-;6-/m00/s1. The first kappa shape index (κ1) is 14.3. The molecule has 0 spiro atoms. The Hall–Kier alpha value is -0.740. The molecule has 0 radical (unpaired) electrons. The van der Waals surface area contributed by atoms with Gasteiger partial charge >= 0.3 is 0 Å². The Morgan fingerprint density at radius 2 is 1.35 bits per heavy atom. The second-order valence-electron chi connectivity index (χ2n) is 5.15. The number of nitrogens with zero attached hydrogens (tertiary/aromatic N) is 2. The van der Waals surface area contributed by atoms with Crippen molar-refractivity contribution in [3.63, 3.8) is 0 Å². The van der Waals surface area contributed by atoms with Crippen LogP contribution in [0.1, 0.15) is 33.1 Å². The number of carbonyl (C=O) groups excluding carboxylic acids is 2. The van der Waals surface area contributed by atoms with Crippen molar-refractivity contribution in [3.05, 3.63) is 0 Å². The van der Waals surface area contributed by atoms with Crippen LogP contribution in [0.2, 0.25) is 0 Å². The van der Waals surface area contributed by atoms with Crippen LogP contribution in [0.5, 0.6) is 0 Å². The number of carbonyl (C=O) groups is 2. The van der Waals surface area contributed by atoms with E-state index in [9.17, 15) is 9.59 Å². The number of ketones is 2. The molecule has 0 aromatic rings. The lowest BCUT2D eigenvalue weighted by atomic mass is 10.0. The number of likely N-dealkylation sites (tertiary alicyclic amines) is 2. The third-order valence-corrected chi connectivity index (χ3v) is 3.75. The molecule has 0 bridgehead atoms. The van der Waals surface area contributed by atoms with E-state index < -0.39 is 0 Å². The summed E-state index contributed by atoms with van der Waals surface area (Å²) in [7, 11) is 3.99. The van der Waals surface area contributed by atoms with Crippen molar-refractivity contribution in [1.29, 1.82) is 0 Å². The average Bonchev–Trinajstić information content (AvgIpc) is 2.62. The van der Waals surface area contributed by atoms with Crippen LogP contribution in [0.3, 0.4) is 0 Å². The molecule has 98 valence electrons. The van der Waals surface area contributed by atoms with Crippen molar-refractivity contribution in [2.45, 2.75) is 45.2 Å². The molecular weight excluding hydrogens is 216 g/mol. The van der Waals surface area contributed by atoms with Crippen LogP contribution < -0.4 is 0 Å². The fourth-order valence-corrected chi connectivity index (χ4v) is 2.45. The largest absolute Gasteiger partial charge is 0.298 e. The highest BCUT2D eigenvalue weighted by atomic mass is 16.1. The maximum Gasteiger partial charge on any atom is 0.146 e. The molecule has 4 heteroatoms. The van der Waals surface area contributed by atoms with Gasteiger partial charge in [0.2, 0.25) is 0 Å². The Kier molecular flexibility index (Phi) is 5.28.